The summed E-state index contributed by atoms with van der Waals surface area (Å²) in [6.45, 7) is 5.48. The minimum atomic E-state index is -0.206. The first-order valence-corrected chi connectivity index (χ1v) is 9.17. The van der Waals surface area contributed by atoms with Crippen LogP contribution < -0.4 is 10.2 Å². The molecule has 6 nitrogen and oxygen atoms in total. The summed E-state index contributed by atoms with van der Waals surface area (Å²) in [4.78, 5) is 19.4. The Balaban J connectivity index is 1.44. The number of hydrogen-bond donors (Lipinski definition) is 1. The smallest absolute Gasteiger partial charge is 0.243 e. The first-order valence-electron chi connectivity index (χ1n) is 9.17. The highest BCUT2D eigenvalue weighted by Gasteiger charge is 2.29. The fourth-order valence-electron chi connectivity index (χ4n) is 3.99. The van der Waals surface area contributed by atoms with Crippen molar-refractivity contribution in [2.75, 3.05) is 11.4 Å². The lowest BCUT2D eigenvalue weighted by Crippen LogP contribution is -2.51. The van der Waals surface area contributed by atoms with Gasteiger partial charge in [0, 0.05) is 24.7 Å². The summed E-state index contributed by atoms with van der Waals surface area (Å²) in [6, 6.07) is 8.30. The highest BCUT2D eigenvalue weighted by molar-refractivity contribution is 5.98. The molecule has 0 bridgehead atoms. The molecule has 0 radical (unpaired) electrons. The number of fused-ring (bicyclic) bond motifs is 2. The molecule has 6 heteroatoms. The molecule has 25 heavy (non-hydrogen) atoms. The van der Waals surface area contributed by atoms with Gasteiger partial charge < -0.3 is 10.2 Å². The summed E-state index contributed by atoms with van der Waals surface area (Å²) in [5, 5.41) is 7.96. The van der Waals surface area contributed by atoms with Gasteiger partial charge in [-0.25, -0.2) is 9.67 Å². The molecule has 0 spiro atoms. The van der Waals surface area contributed by atoms with E-state index in [1.807, 2.05) is 35.6 Å². The van der Waals surface area contributed by atoms with Crippen LogP contribution in [0.5, 0.6) is 0 Å². The van der Waals surface area contributed by atoms with E-state index in [-0.39, 0.29) is 18.0 Å². The zero-order valence-electron chi connectivity index (χ0n) is 14.9. The minimum Gasteiger partial charge on any atom is -0.311 e. The van der Waals surface area contributed by atoms with Crippen LogP contribution in [0.1, 0.15) is 37.0 Å². The number of nitrogens with one attached hydrogen (secondary N) is 1. The van der Waals surface area contributed by atoms with Gasteiger partial charge in [-0.15, -0.1) is 0 Å². The molecular formula is C19H25N5O. The fourth-order valence-corrected chi connectivity index (χ4v) is 3.99. The molecule has 1 aromatic carbocycles. The predicted molar refractivity (Wildman–Crippen MR) is 96.6 cm³/mol. The third-order valence-electron chi connectivity index (χ3n) is 5.20. The summed E-state index contributed by atoms with van der Waals surface area (Å²) in [6.07, 6.45) is 3.98. The Labute approximate surface area is 148 Å². The van der Waals surface area contributed by atoms with Crippen LogP contribution in [0.3, 0.4) is 0 Å². The van der Waals surface area contributed by atoms with Crippen LogP contribution in [0.2, 0.25) is 0 Å². The number of aromatic nitrogens is 3. The number of para-hydroxylation sites is 1. The average Bonchev–Trinajstić information content (AvgIpc) is 3.00. The van der Waals surface area contributed by atoms with Crippen LogP contribution in [0, 0.1) is 6.92 Å². The van der Waals surface area contributed by atoms with E-state index >= 15 is 0 Å². The summed E-state index contributed by atoms with van der Waals surface area (Å²) >= 11 is 0. The Hall–Kier alpha value is -2.21. The quantitative estimate of drug-likeness (QED) is 0.927. The van der Waals surface area contributed by atoms with Gasteiger partial charge in [-0.1, -0.05) is 18.2 Å². The van der Waals surface area contributed by atoms with Crippen molar-refractivity contribution >= 4 is 11.6 Å². The second-order valence-corrected chi connectivity index (χ2v) is 7.10. The lowest BCUT2D eigenvalue weighted by Gasteiger charge is -2.33. The molecule has 1 N–H and O–H groups in total. The molecular weight excluding hydrogens is 314 g/mol. The van der Waals surface area contributed by atoms with E-state index < -0.39 is 0 Å². The van der Waals surface area contributed by atoms with Gasteiger partial charge in [0.25, 0.3) is 0 Å². The maximum absolute atomic E-state index is 13.0. The summed E-state index contributed by atoms with van der Waals surface area (Å²) < 4.78 is 1.98. The molecule has 2 aliphatic rings. The monoisotopic (exact) mass is 339 g/mol. The lowest BCUT2D eigenvalue weighted by molar-refractivity contribution is -0.120. The van der Waals surface area contributed by atoms with E-state index in [0.29, 0.717) is 0 Å². The summed E-state index contributed by atoms with van der Waals surface area (Å²) in [7, 11) is 0. The third kappa shape index (κ3) is 3.18. The molecule has 1 aromatic heterocycles. The Morgan fingerprint density at radius 3 is 3.04 bits per heavy atom. The first-order chi connectivity index (χ1) is 12.1. The van der Waals surface area contributed by atoms with E-state index in [1.165, 1.54) is 5.56 Å². The molecule has 0 saturated heterocycles. The van der Waals surface area contributed by atoms with Crippen molar-refractivity contribution in [3.8, 4) is 0 Å². The number of anilines is 1. The predicted octanol–water partition coefficient (Wildman–Crippen LogP) is 1.86. The highest BCUT2D eigenvalue weighted by atomic mass is 16.2. The van der Waals surface area contributed by atoms with Crippen molar-refractivity contribution in [1.29, 1.82) is 0 Å². The van der Waals surface area contributed by atoms with Gasteiger partial charge in [-0.2, -0.15) is 5.10 Å². The Kier molecular flexibility index (Phi) is 4.29. The zero-order chi connectivity index (χ0) is 17.4. The SMILES string of the molecule is Cc1nc2n(n1)CC(NC(C)C(=O)N1CCCc3ccccc31)CC2. The minimum absolute atomic E-state index is 0.160. The molecule has 2 aliphatic heterocycles. The summed E-state index contributed by atoms with van der Waals surface area (Å²) in [5.74, 6) is 2.04. The maximum Gasteiger partial charge on any atom is 0.243 e. The average molecular weight is 339 g/mol. The molecule has 2 unspecified atom stereocenters. The molecule has 0 fully saturated rings. The van der Waals surface area contributed by atoms with Crippen molar-refractivity contribution in [1.82, 2.24) is 20.1 Å². The molecule has 2 aromatic rings. The van der Waals surface area contributed by atoms with Gasteiger partial charge in [0.15, 0.2) is 0 Å². The van der Waals surface area contributed by atoms with Gasteiger partial charge in [0.2, 0.25) is 5.91 Å². The maximum atomic E-state index is 13.0. The number of aryl methyl sites for hydroxylation is 3. The second kappa shape index (κ2) is 6.59. The van der Waals surface area contributed by atoms with Gasteiger partial charge in [0.1, 0.15) is 11.6 Å². The number of nitrogens with zero attached hydrogens (tertiary/aromatic N) is 4. The third-order valence-corrected chi connectivity index (χ3v) is 5.20. The first kappa shape index (κ1) is 16.3. The van der Waals surface area contributed by atoms with Crippen molar-refractivity contribution in [3.05, 3.63) is 41.5 Å². The zero-order valence-corrected chi connectivity index (χ0v) is 14.9. The van der Waals surface area contributed by atoms with Crippen molar-refractivity contribution < 1.29 is 4.79 Å². The van der Waals surface area contributed by atoms with Crippen LogP contribution in [0.4, 0.5) is 5.69 Å². The number of carbonyl (C=O) groups excluding carboxylic acids is 1. The number of amides is 1. The van der Waals surface area contributed by atoms with Crippen molar-refractivity contribution in [3.63, 3.8) is 0 Å². The highest BCUT2D eigenvalue weighted by Crippen LogP contribution is 2.27. The van der Waals surface area contributed by atoms with E-state index in [1.54, 1.807) is 0 Å². The van der Waals surface area contributed by atoms with E-state index in [4.69, 9.17) is 0 Å². The normalized spacial score (nSPS) is 20.7. The molecule has 132 valence electrons. The molecule has 1 amide bonds. The van der Waals surface area contributed by atoms with Gasteiger partial charge in [0.05, 0.1) is 12.6 Å². The van der Waals surface area contributed by atoms with Crippen LogP contribution in [-0.2, 0) is 24.2 Å². The van der Waals surface area contributed by atoms with Crippen LogP contribution in [0.25, 0.3) is 0 Å². The van der Waals surface area contributed by atoms with Crippen LogP contribution >= 0.6 is 0 Å². The summed E-state index contributed by atoms with van der Waals surface area (Å²) in [5.41, 5.74) is 2.35. The number of carbonyl (C=O) groups is 1. The number of hydrogen-bond acceptors (Lipinski definition) is 4. The van der Waals surface area contributed by atoms with E-state index in [2.05, 4.69) is 27.5 Å². The molecule has 3 heterocycles. The molecule has 2 atom stereocenters. The number of rotatable bonds is 3. The Morgan fingerprint density at radius 1 is 1.32 bits per heavy atom. The van der Waals surface area contributed by atoms with E-state index in [9.17, 15) is 4.79 Å². The largest absolute Gasteiger partial charge is 0.311 e. The van der Waals surface area contributed by atoms with Gasteiger partial charge >= 0.3 is 0 Å². The van der Waals surface area contributed by atoms with Crippen LogP contribution in [0.15, 0.2) is 24.3 Å². The number of benzene rings is 1. The molecule has 0 aliphatic carbocycles. The van der Waals surface area contributed by atoms with Gasteiger partial charge in [-0.3, -0.25) is 4.79 Å². The van der Waals surface area contributed by atoms with Crippen molar-refractivity contribution in [2.45, 2.75) is 58.2 Å². The Morgan fingerprint density at radius 2 is 2.16 bits per heavy atom. The van der Waals surface area contributed by atoms with Crippen molar-refractivity contribution in [2.24, 2.45) is 0 Å². The Bertz CT molecular complexity index is 784. The standard InChI is InChI=1S/C19H25N5O/c1-13(20-16-9-10-18-21-14(2)22-24(18)12-16)19(25)23-11-5-7-15-6-3-4-8-17(15)23/h3-4,6,8,13,16,20H,5,7,9-12H2,1-2H3. The topological polar surface area (TPSA) is 63.1 Å². The lowest BCUT2D eigenvalue weighted by atomic mass is 10.0. The van der Waals surface area contributed by atoms with Gasteiger partial charge in [-0.05, 0) is 44.7 Å². The molecule has 0 saturated carbocycles. The second-order valence-electron chi connectivity index (χ2n) is 7.10. The molecule has 4 rings (SSSR count). The fraction of sp³-hybridized carbons (Fsp3) is 0.526. The van der Waals surface area contributed by atoms with E-state index in [0.717, 1.165) is 56.1 Å². The van der Waals surface area contributed by atoms with Crippen LogP contribution in [-0.4, -0.2) is 39.3 Å².